The van der Waals surface area contributed by atoms with Crippen LogP contribution >= 0.6 is 0 Å². The summed E-state index contributed by atoms with van der Waals surface area (Å²) in [7, 11) is 4.72. The highest BCUT2D eigenvalue weighted by molar-refractivity contribution is 5.11. The van der Waals surface area contributed by atoms with E-state index in [4.69, 9.17) is 0 Å². The smallest absolute Gasteiger partial charge is 0.186 e. The largest absolute Gasteiger partial charge is 0.307 e. The average Bonchev–Trinajstić information content (AvgIpc) is 3.31. The number of rotatable bonds is 7. The molecule has 4 heterocycles. The lowest BCUT2D eigenvalue weighted by molar-refractivity contribution is -0.947. The number of nitriles is 2. The van der Waals surface area contributed by atoms with Crippen molar-refractivity contribution in [1.82, 2.24) is 0 Å². The SMILES string of the molecule is C[N+]1(CCCCCC[N+]2(C)C3CCC2(C#N)CC3)C2CCC1(C#N)CC2. The zero-order valence-corrected chi connectivity index (χ0v) is 16.8. The lowest BCUT2D eigenvalue weighted by Gasteiger charge is -2.40. The van der Waals surface area contributed by atoms with Crippen molar-refractivity contribution < 1.29 is 8.97 Å². The van der Waals surface area contributed by atoms with Crippen LogP contribution in [0.4, 0.5) is 0 Å². The van der Waals surface area contributed by atoms with E-state index in [9.17, 15) is 10.5 Å². The maximum Gasteiger partial charge on any atom is 0.186 e. The number of hydrogen-bond acceptors (Lipinski definition) is 2. The van der Waals surface area contributed by atoms with Crippen molar-refractivity contribution in [2.24, 2.45) is 0 Å². The first-order valence-electron chi connectivity index (χ1n) is 11.0. The molecule has 0 saturated carbocycles. The Morgan fingerprint density at radius 1 is 0.692 bits per heavy atom. The molecule has 4 heteroatoms. The maximum atomic E-state index is 9.78. The average molecular weight is 357 g/mol. The van der Waals surface area contributed by atoms with Gasteiger partial charge in [-0.05, 0) is 25.7 Å². The summed E-state index contributed by atoms with van der Waals surface area (Å²) in [6.45, 7) is 2.38. The molecule has 0 spiro atoms. The summed E-state index contributed by atoms with van der Waals surface area (Å²) in [5.74, 6) is 0. The van der Waals surface area contributed by atoms with Crippen molar-refractivity contribution in [2.45, 2.75) is 100 Å². The van der Waals surface area contributed by atoms with Gasteiger partial charge < -0.3 is 8.97 Å². The summed E-state index contributed by atoms with van der Waals surface area (Å²) in [5.41, 5.74) is -0.117. The van der Waals surface area contributed by atoms with Gasteiger partial charge in [-0.3, -0.25) is 0 Å². The molecule has 4 saturated heterocycles. The van der Waals surface area contributed by atoms with Crippen LogP contribution in [-0.2, 0) is 0 Å². The molecule has 0 aromatic heterocycles. The summed E-state index contributed by atoms with van der Waals surface area (Å²) in [5, 5.41) is 19.6. The molecule has 4 aliphatic rings. The quantitative estimate of drug-likeness (QED) is 0.513. The van der Waals surface area contributed by atoms with E-state index in [1.165, 1.54) is 64.5 Å². The van der Waals surface area contributed by atoms with Gasteiger partial charge in [0, 0.05) is 51.4 Å². The third kappa shape index (κ3) is 2.25. The van der Waals surface area contributed by atoms with Crippen molar-refractivity contribution in [3.05, 3.63) is 0 Å². The van der Waals surface area contributed by atoms with E-state index in [0.29, 0.717) is 0 Å². The summed E-state index contributed by atoms with van der Waals surface area (Å²) in [6, 6.07) is 6.93. The molecule has 4 rings (SSSR count). The van der Waals surface area contributed by atoms with E-state index < -0.39 is 0 Å². The van der Waals surface area contributed by atoms with Gasteiger partial charge in [0.1, 0.15) is 12.1 Å². The van der Waals surface area contributed by atoms with Crippen molar-refractivity contribution in [2.75, 3.05) is 27.2 Å². The van der Waals surface area contributed by atoms with Gasteiger partial charge in [0.05, 0.1) is 39.3 Å². The Labute approximate surface area is 159 Å². The molecule has 4 nitrogen and oxygen atoms in total. The Kier molecular flexibility index (Phi) is 4.37. The second kappa shape index (κ2) is 6.22. The fourth-order valence-corrected chi connectivity index (χ4v) is 7.50. The number of hydrogen-bond donors (Lipinski definition) is 0. The minimum atomic E-state index is -0.0583. The molecule has 26 heavy (non-hydrogen) atoms. The fraction of sp³-hybridized carbons (Fsp3) is 0.909. The van der Waals surface area contributed by atoms with Crippen LogP contribution in [0.5, 0.6) is 0 Å². The summed E-state index contributed by atoms with van der Waals surface area (Å²) < 4.78 is 2.08. The van der Waals surface area contributed by atoms with Crippen molar-refractivity contribution >= 4 is 0 Å². The van der Waals surface area contributed by atoms with Crippen LogP contribution in [0.3, 0.4) is 0 Å². The van der Waals surface area contributed by atoms with Crippen LogP contribution < -0.4 is 0 Å². The molecule has 0 aliphatic carbocycles. The molecular weight excluding hydrogens is 320 g/mol. The molecule has 0 N–H and O–H groups in total. The van der Waals surface area contributed by atoms with Gasteiger partial charge in [-0.1, -0.05) is 0 Å². The molecule has 142 valence electrons. The Morgan fingerprint density at radius 3 is 1.35 bits per heavy atom. The summed E-state index contributed by atoms with van der Waals surface area (Å²) >= 11 is 0. The number of unbranched alkanes of at least 4 members (excludes halogenated alkanes) is 3. The van der Waals surface area contributed by atoms with Gasteiger partial charge >= 0.3 is 0 Å². The molecule has 0 amide bonds. The van der Waals surface area contributed by atoms with Crippen LogP contribution in [0.2, 0.25) is 0 Å². The molecular formula is C22H36N4+2. The Balaban J connectivity index is 1.24. The van der Waals surface area contributed by atoms with Gasteiger partial charge in [0.25, 0.3) is 0 Å². The van der Waals surface area contributed by atoms with Crippen LogP contribution in [-0.4, -0.2) is 59.3 Å². The Bertz CT molecular complexity index is 572. The first-order chi connectivity index (χ1) is 12.5. The highest BCUT2D eigenvalue weighted by Crippen LogP contribution is 2.52. The summed E-state index contributed by atoms with van der Waals surface area (Å²) in [6.07, 6.45) is 14.6. The second-order valence-electron chi connectivity index (χ2n) is 10.1. The number of nitrogens with zero attached hydrogens (tertiary/aromatic N) is 4. The standard InChI is InChI=1S/C22H36N4/c1-25(19-7-11-21(25,17-23)12-8-19)15-5-3-4-6-16-26(2)20-9-13-22(26,18-24)14-10-20/h19-20H,3-16H2,1-2H3/q+2. The highest BCUT2D eigenvalue weighted by Gasteiger charge is 2.63. The molecule has 2 unspecified atom stereocenters. The monoisotopic (exact) mass is 356 g/mol. The molecule has 2 atom stereocenters. The first-order valence-corrected chi connectivity index (χ1v) is 11.0. The number of quaternary nitrogens is 2. The van der Waals surface area contributed by atoms with Crippen molar-refractivity contribution in [3.8, 4) is 12.1 Å². The van der Waals surface area contributed by atoms with Crippen LogP contribution in [0.1, 0.15) is 77.0 Å². The molecule has 0 radical (unpaired) electrons. The third-order valence-electron chi connectivity index (χ3n) is 9.54. The van der Waals surface area contributed by atoms with E-state index in [1.54, 1.807) is 0 Å². The molecule has 4 aliphatic heterocycles. The normalized spacial score (nSPS) is 48.6. The second-order valence-corrected chi connectivity index (χ2v) is 10.1. The predicted octanol–water partition coefficient (Wildman–Crippen LogP) is 3.88. The lowest BCUT2D eigenvalue weighted by Crippen LogP contribution is -2.56. The fourth-order valence-electron chi connectivity index (χ4n) is 7.50. The predicted molar refractivity (Wildman–Crippen MR) is 102 cm³/mol. The van der Waals surface area contributed by atoms with Crippen LogP contribution in [0, 0.1) is 22.7 Å². The van der Waals surface area contributed by atoms with Gasteiger partial charge in [0.15, 0.2) is 11.1 Å². The topological polar surface area (TPSA) is 47.6 Å². The van der Waals surface area contributed by atoms with E-state index >= 15 is 0 Å². The van der Waals surface area contributed by atoms with E-state index in [0.717, 1.165) is 46.7 Å². The number of fused-ring (bicyclic) bond motifs is 4. The maximum absolute atomic E-state index is 9.78. The van der Waals surface area contributed by atoms with Crippen LogP contribution in [0.15, 0.2) is 0 Å². The molecule has 0 aromatic carbocycles. The van der Waals surface area contributed by atoms with Crippen molar-refractivity contribution in [1.29, 1.82) is 10.5 Å². The Hall–Kier alpha value is -1.10. The van der Waals surface area contributed by atoms with Gasteiger partial charge in [-0.25, -0.2) is 0 Å². The van der Waals surface area contributed by atoms with E-state index in [1.807, 2.05) is 0 Å². The minimum Gasteiger partial charge on any atom is -0.307 e. The minimum absolute atomic E-state index is 0.0583. The zero-order chi connectivity index (χ0) is 18.5. The Morgan fingerprint density at radius 2 is 1.04 bits per heavy atom. The first kappa shape index (κ1) is 18.3. The molecule has 4 fully saturated rings. The van der Waals surface area contributed by atoms with Gasteiger partial charge in [0.2, 0.25) is 0 Å². The molecule has 0 aromatic rings. The zero-order valence-electron chi connectivity index (χ0n) is 16.8. The highest BCUT2D eigenvalue weighted by atomic mass is 15.5. The third-order valence-corrected chi connectivity index (χ3v) is 9.54. The molecule has 4 bridgehead atoms. The lowest BCUT2D eigenvalue weighted by atomic mass is 9.89. The van der Waals surface area contributed by atoms with Gasteiger partial charge in [-0.2, -0.15) is 10.5 Å². The summed E-state index contributed by atoms with van der Waals surface area (Å²) in [4.78, 5) is 0. The van der Waals surface area contributed by atoms with Gasteiger partial charge in [-0.15, -0.1) is 0 Å². The van der Waals surface area contributed by atoms with E-state index in [2.05, 4.69) is 26.2 Å². The van der Waals surface area contributed by atoms with Crippen molar-refractivity contribution in [3.63, 3.8) is 0 Å². The van der Waals surface area contributed by atoms with E-state index in [-0.39, 0.29) is 11.1 Å². The van der Waals surface area contributed by atoms with Crippen LogP contribution in [0.25, 0.3) is 0 Å².